The molecule has 1 aliphatic rings. The number of hydrogen-bond donors (Lipinski definition) is 6. The molecular formula is C44H52N8O5S. The summed E-state index contributed by atoms with van der Waals surface area (Å²) in [6, 6.07) is 24.9. The fraction of sp³-hybridized carbons (Fsp3) is 0.318. The second-order valence-electron chi connectivity index (χ2n) is 14.3. The van der Waals surface area contributed by atoms with Crippen LogP contribution in [0.15, 0.2) is 102 Å². The van der Waals surface area contributed by atoms with Gasteiger partial charge in [0.05, 0.1) is 24.2 Å². The zero-order valence-electron chi connectivity index (χ0n) is 32.8. The molecule has 1 fully saturated rings. The molecular weight excluding hydrogens is 753 g/mol. The van der Waals surface area contributed by atoms with E-state index in [0.717, 1.165) is 51.2 Å². The van der Waals surface area contributed by atoms with Gasteiger partial charge in [-0.2, -0.15) is 0 Å². The summed E-state index contributed by atoms with van der Waals surface area (Å²) in [6.45, 7) is 5.32. The highest BCUT2D eigenvalue weighted by Gasteiger charge is 2.34. The molecule has 0 bridgehead atoms. The molecule has 7 rings (SSSR count). The number of nitrogen functional groups attached to an aromatic ring is 1. The van der Waals surface area contributed by atoms with Gasteiger partial charge in [0, 0.05) is 61.8 Å². The highest BCUT2D eigenvalue weighted by Crippen LogP contribution is 2.37. The number of ether oxygens (including phenoxy) is 1. The van der Waals surface area contributed by atoms with Crippen LogP contribution in [0.5, 0.6) is 11.5 Å². The number of fused-ring (bicyclic) bond motifs is 1. The van der Waals surface area contributed by atoms with E-state index < -0.39 is 5.60 Å². The second-order valence-corrected chi connectivity index (χ2v) is 15.2. The molecule has 1 aliphatic heterocycles. The Morgan fingerprint density at radius 2 is 1.67 bits per heavy atom. The maximum absolute atomic E-state index is 12.9. The predicted molar refractivity (Wildman–Crippen MR) is 232 cm³/mol. The van der Waals surface area contributed by atoms with Crippen molar-refractivity contribution in [2.45, 2.75) is 51.2 Å². The number of aromatic hydroxyl groups is 1. The minimum Gasteiger partial charge on any atom is -0.508 e. The molecule has 1 amide bonds. The maximum Gasteiger partial charge on any atom is 0.271 e. The Bertz CT molecular complexity index is 2320. The first kappa shape index (κ1) is 41.8. The Balaban J connectivity index is 0.000000200. The number of carbonyl (C=O) groups excluding carboxylic acids is 1. The van der Waals surface area contributed by atoms with Crippen molar-refractivity contribution in [3.05, 3.63) is 118 Å². The molecule has 3 aromatic carbocycles. The number of carbonyl (C=O) groups is 1. The smallest absolute Gasteiger partial charge is 0.271 e. The molecule has 0 unspecified atom stereocenters. The summed E-state index contributed by atoms with van der Waals surface area (Å²) < 4.78 is 7.59. The fourth-order valence-corrected chi connectivity index (χ4v) is 8.05. The molecule has 0 radical (unpaired) electrons. The van der Waals surface area contributed by atoms with Crippen molar-refractivity contribution in [2.24, 2.45) is 11.5 Å². The van der Waals surface area contributed by atoms with Crippen molar-refractivity contribution >= 4 is 39.0 Å². The number of piperidine rings is 1. The van der Waals surface area contributed by atoms with Gasteiger partial charge in [-0.05, 0) is 72.2 Å². The highest BCUT2D eigenvalue weighted by molar-refractivity contribution is 7.17. The number of aromatic nitrogens is 3. The van der Waals surface area contributed by atoms with E-state index in [0.29, 0.717) is 81.0 Å². The van der Waals surface area contributed by atoms with E-state index in [-0.39, 0.29) is 23.8 Å². The Morgan fingerprint density at radius 3 is 2.34 bits per heavy atom. The highest BCUT2D eigenvalue weighted by atomic mass is 32.1. The summed E-state index contributed by atoms with van der Waals surface area (Å²) in [5.74, 6) is 1.61. The molecule has 0 saturated carbocycles. The third kappa shape index (κ3) is 10.2. The van der Waals surface area contributed by atoms with Gasteiger partial charge < -0.3 is 42.4 Å². The van der Waals surface area contributed by atoms with Crippen molar-refractivity contribution in [1.29, 1.82) is 0 Å². The van der Waals surface area contributed by atoms with Crippen LogP contribution in [-0.2, 0) is 24.2 Å². The molecule has 4 heterocycles. The molecule has 13 nitrogen and oxygen atoms in total. The average molecular weight is 805 g/mol. The topological polar surface area (TPSA) is 208 Å². The van der Waals surface area contributed by atoms with E-state index in [1.54, 1.807) is 12.1 Å². The number of aryl methyl sites for hydroxylation is 1. The van der Waals surface area contributed by atoms with Crippen molar-refractivity contribution in [1.82, 2.24) is 19.4 Å². The first-order valence-electron chi connectivity index (χ1n) is 19.6. The van der Waals surface area contributed by atoms with Gasteiger partial charge >= 0.3 is 0 Å². The van der Waals surface area contributed by atoms with Crippen LogP contribution < -0.4 is 32.8 Å². The third-order valence-electron chi connectivity index (χ3n) is 10.3. The minimum absolute atomic E-state index is 0.104. The number of phenols is 1. The third-order valence-corrected chi connectivity index (χ3v) is 11.2. The van der Waals surface area contributed by atoms with E-state index in [2.05, 4.69) is 22.2 Å². The molecule has 304 valence electrons. The first-order valence-corrected chi connectivity index (χ1v) is 20.5. The number of anilines is 2. The van der Waals surface area contributed by atoms with Crippen molar-refractivity contribution in [2.75, 3.05) is 50.4 Å². The number of pyridine rings is 1. The molecule has 0 spiro atoms. The summed E-state index contributed by atoms with van der Waals surface area (Å²) in [5, 5.41) is 25.7. The Morgan fingerprint density at radius 1 is 0.966 bits per heavy atom. The van der Waals surface area contributed by atoms with Crippen LogP contribution in [0, 0.1) is 0 Å². The van der Waals surface area contributed by atoms with E-state index in [1.165, 1.54) is 22.2 Å². The summed E-state index contributed by atoms with van der Waals surface area (Å²) in [7, 11) is 0. The van der Waals surface area contributed by atoms with E-state index in [9.17, 15) is 19.8 Å². The molecule has 0 aliphatic carbocycles. The quantitative estimate of drug-likeness (QED) is 0.0820. The zero-order valence-corrected chi connectivity index (χ0v) is 33.6. The van der Waals surface area contributed by atoms with Crippen LogP contribution in [0.1, 0.15) is 37.3 Å². The van der Waals surface area contributed by atoms with Gasteiger partial charge in [0.25, 0.3) is 5.56 Å². The van der Waals surface area contributed by atoms with Crippen LogP contribution >= 0.6 is 11.3 Å². The summed E-state index contributed by atoms with van der Waals surface area (Å²) >= 11 is 1.34. The van der Waals surface area contributed by atoms with Crippen molar-refractivity contribution < 1.29 is 19.7 Å². The van der Waals surface area contributed by atoms with Gasteiger partial charge in [-0.1, -0.05) is 61.5 Å². The van der Waals surface area contributed by atoms with Crippen molar-refractivity contribution in [3.8, 4) is 33.8 Å². The Labute approximate surface area is 342 Å². The standard InChI is InChI=1S/C23H29N5O3S.C21H23N3O2/c24-10-11-25-18-14-32-21-20(18)26-16-28(22(21)30)15-23(31)8-12-27(13-9-23)19(29)7-6-17-4-2-1-3-5-17;1-2-18-19(14-5-9-17(10-6-14)26-12-11-22)13-24-21(23)20(18)15-3-7-16(25)8-4-15/h1-5,14,16,25,31H,6-13,15,24H2;3-10,13,25H,2,11-12,22H2,1H3,(H2,23,24). The van der Waals surface area contributed by atoms with Gasteiger partial charge in [-0.25, -0.2) is 9.97 Å². The maximum atomic E-state index is 12.9. The average Bonchev–Trinajstić information content (AvgIpc) is 3.67. The Hall–Kier alpha value is -5.80. The zero-order chi connectivity index (χ0) is 41.1. The molecule has 9 N–H and O–H groups in total. The Kier molecular flexibility index (Phi) is 14.1. The van der Waals surface area contributed by atoms with Gasteiger partial charge in [-0.15, -0.1) is 11.3 Å². The van der Waals surface area contributed by atoms with Crippen LogP contribution in [0.4, 0.5) is 11.5 Å². The number of rotatable bonds is 14. The van der Waals surface area contributed by atoms with Gasteiger partial charge in [0.2, 0.25) is 5.91 Å². The fourth-order valence-electron chi connectivity index (χ4n) is 7.13. The summed E-state index contributed by atoms with van der Waals surface area (Å²) in [6.07, 6.45) is 6.16. The minimum atomic E-state index is -1.03. The number of hydrogen-bond acceptors (Lipinski definition) is 12. The lowest BCUT2D eigenvalue weighted by molar-refractivity contribution is -0.135. The van der Waals surface area contributed by atoms with Gasteiger partial charge in [-0.3, -0.25) is 14.2 Å². The monoisotopic (exact) mass is 804 g/mol. The molecule has 3 aromatic heterocycles. The molecule has 0 atom stereocenters. The molecule has 58 heavy (non-hydrogen) atoms. The van der Waals surface area contributed by atoms with Crippen LogP contribution in [0.3, 0.4) is 0 Å². The number of nitrogens with one attached hydrogen (secondary N) is 1. The second kappa shape index (κ2) is 19.6. The van der Waals surface area contributed by atoms with Crippen LogP contribution in [0.2, 0.25) is 0 Å². The lowest BCUT2D eigenvalue weighted by atomic mass is 9.91. The number of nitrogens with zero attached hydrogens (tertiary/aromatic N) is 4. The van der Waals surface area contributed by atoms with E-state index in [1.807, 2.05) is 83.2 Å². The van der Waals surface area contributed by atoms with Crippen LogP contribution in [0.25, 0.3) is 32.5 Å². The number of nitrogens with two attached hydrogens (primary N) is 3. The number of amides is 1. The van der Waals surface area contributed by atoms with Crippen molar-refractivity contribution in [3.63, 3.8) is 0 Å². The number of aliphatic hydroxyl groups is 1. The predicted octanol–water partition coefficient (Wildman–Crippen LogP) is 5.42. The molecule has 6 aromatic rings. The molecule has 14 heteroatoms. The first-order chi connectivity index (χ1) is 28.1. The summed E-state index contributed by atoms with van der Waals surface area (Å²) in [4.78, 5) is 36.2. The number of likely N-dealkylation sites (tertiary alicyclic amines) is 1. The van der Waals surface area contributed by atoms with Gasteiger partial charge in [0.15, 0.2) is 0 Å². The van der Waals surface area contributed by atoms with Gasteiger partial charge in [0.1, 0.15) is 34.1 Å². The lowest BCUT2D eigenvalue weighted by Gasteiger charge is -2.38. The van der Waals surface area contributed by atoms with E-state index in [4.69, 9.17) is 21.9 Å². The lowest BCUT2D eigenvalue weighted by Crippen LogP contribution is -2.49. The SMILES string of the molecule is CCc1c(-c2ccc(OCCN)cc2)cnc(N)c1-c1ccc(O)cc1.NCCNc1csc2c(=O)n(CC3(O)CCN(C(=O)CCc4ccccc4)CC3)cnc12. The van der Waals surface area contributed by atoms with E-state index >= 15 is 0 Å². The number of benzene rings is 3. The number of phenolic OH excluding ortho intramolecular Hbond substituents is 1. The normalized spacial score (nSPS) is 13.5. The molecule has 1 saturated heterocycles. The largest absolute Gasteiger partial charge is 0.508 e. The van der Waals surface area contributed by atoms with Crippen LogP contribution in [-0.4, -0.2) is 80.5 Å². The number of thiophene rings is 1. The summed E-state index contributed by atoms with van der Waals surface area (Å²) in [5.41, 5.74) is 23.6.